The van der Waals surface area contributed by atoms with Crippen LogP contribution in [0.2, 0.25) is 0 Å². The van der Waals surface area contributed by atoms with Crippen molar-refractivity contribution in [2.75, 3.05) is 31.1 Å². The van der Waals surface area contributed by atoms with Crippen molar-refractivity contribution in [2.24, 2.45) is 0 Å². The SMILES string of the molecule is Cc1ccc(F)cc1Cc1c(N2CCNCC2)c2ccccc2n1-c1ccccc1. The highest BCUT2D eigenvalue weighted by atomic mass is 19.1. The maximum Gasteiger partial charge on any atom is 0.123 e. The number of nitrogens with one attached hydrogen (secondary N) is 1. The third-order valence-corrected chi connectivity index (χ3v) is 6.06. The Labute approximate surface area is 176 Å². The molecule has 30 heavy (non-hydrogen) atoms. The van der Waals surface area contributed by atoms with Crippen LogP contribution in [0, 0.1) is 12.7 Å². The van der Waals surface area contributed by atoms with Crippen molar-refractivity contribution in [3.05, 3.63) is 95.4 Å². The Kier molecular flexibility index (Phi) is 5.01. The highest BCUT2D eigenvalue weighted by Crippen LogP contribution is 2.38. The van der Waals surface area contributed by atoms with Gasteiger partial charge in [-0.2, -0.15) is 0 Å². The first-order valence-corrected chi connectivity index (χ1v) is 10.6. The first-order valence-electron chi connectivity index (χ1n) is 10.6. The van der Waals surface area contributed by atoms with Crippen LogP contribution in [-0.4, -0.2) is 30.7 Å². The summed E-state index contributed by atoms with van der Waals surface area (Å²) in [6, 6.07) is 24.2. The molecule has 0 unspecified atom stereocenters. The minimum absolute atomic E-state index is 0.179. The van der Waals surface area contributed by atoms with Crippen molar-refractivity contribution in [3.63, 3.8) is 0 Å². The lowest BCUT2D eigenvalue weighted by Gasteiger charge is -2.30. The smallest absolute Gasteiger partial charge is 0.123 e. The standard InChI is InChI=1S/C26H26FN3/c1-19-11-12-21(27)17-20(19)18-25-26(29-15-13-28-14-16-29)23-9-5-6-10-24(23)30(25)22-7-3-2-4-8-22/h2-12,17,28H,13-16,18H2,1H3. The van der Waals surface area contributed by atoms with Crippen molar-refractivity contribution >= 4 is 16.6 Å². The average molecular weight is 400 g/mol. The first kappa shape index (κ1) is 18.9. The number of nitrogens with zero attached hydrogens (tertiary/aromatic N) is 2. The average Bonchev–Trinajstić information content (AvgIpc) is 3.11. The van der Waals surface area contributed by atoms with Gasteiger partial charge in [-0.1, -0.05) is 42.5 Å². The van der Waals surface area contributed by atoms with E-state index in [4.69, 9.17) is 0 Å². The lowest BCUT2D eigenvalue weighted by atomic mass is 10.0. The van der Waals surface area contributed by atoms with E-state index in [2.05, 4.69) is 70.2 Å². The van der Waals surface area contributed by atoms with E-state index >= 15 is 0 Å². The van der Waals surface area contributed by atoms with Gasteiger partial charge in [-0.15, -0.1) is 0 Å². The van der Waals surface area contributed by atoms with Gasteiger partial charge in [0.25, 0.3) is 0 Å². The van der Waals surface area contributed by atoms with Gasteiger partial charge in [-0.25, -0.2) is 4.39 Å². The molecule has 3 aromatic carbocycles. The number of fused-ring (bicyclic) bond motifs is 1. The van der Waals surface area contributed by atoms with Crippen LogP contribution in [0.5, 0.6) is 0 Å². The molecule has 0 spiro atoms. The van der Waals surface area contributed by atoms with Crippen molar-refractivity contribution in [3.8, 4) is 5.69 Å². The molecule has 0 aliphatic carbocycles. The largest absolute Gasteiger partial charge is 0.367 e. The van der Waals surface area contributed by atoms with Gasteiger partial charge >= 0.3 is 0 Å². The first-order chi connectivity index (χ1) is 14.7. The highest BCUT2D eigenvalue weighted by Gasteiger charge is 2.24. The summed E-state index contributed by atoms with van der Waals surface area (Å²) in [5.41, 5.74) is 6.98. The monoisotopic (exact) mass is 399 g/mol. The second-order valence-electron chi connectivity index (χ2n) is 7.97. The molecule has 1 fully saturated rings. The van der Waals surface area contributed by atoms with E-state index in [1.54, 1.807) is 12.1 Å². The van der Waals surface area contributed by atoms with Gasteiger partial charge in [-0.3, -0.25) is 0 Å². The molecule has 152 valence electrons. The number of anilines is 1. The Morgan fingerprint density at radius 2 is 1.63 bits per heavy atom. The normalized spacial score (nSPS) is 14.4. The summed E-state index contributed by atoms with van der Waals surface area (Å²) in [6.45, 7) is 5.96. The van der Waals surface area contributed by atoms with Crippen LogP contribution < -0.4 is 10.2 Å². The second kappa shape index (κ2) is 7.96. The Hall–Kier alpha value is -3.11. The van der Waals surface area contributed by atoms with E-state index in [1.165, 1.54) is 22.3 Å². The summed E-state index contributed by atoms with van der Waals surface area (Å²) < 4.78 is 16.5. The highest BCUT2D eigenvalue weighted by molar-refractivity contribution is 5.97. The topological polar surface area (TPSA) is 20.2 Å². The van der Waals surface area contributed by atoms with Crippen molar-refractivity contribution in [1.29, 1.82) is 0 Å². The molecular formula is C26H26FN3. The fraction of sp³-hybridized carbons (Fsp3) is 0.231. The molecule has 1 aliphatic heterocycles. The molecule has 0 bridgehead atoms. The van der Waals surface area contributed by atoms with Gasteiger partial charge in [0, 0.05) is 43.7 Å². The number of hydrogen-bond donors (Lipinski definition) is 1. The summed E-state index contributed by atoms with van der Waals surface area (Å²) in [4.78, 5) is 2.49. The Morgan fingerprint density at radius 3 is 2.43 bits per heavy atom. The van der Waals surface area contributed by atoms with Gasteiger partial charge < -0.3 is 14.8 Å². The summed E-state index contributed by atoms with van der Waals surface area (Å²) >= 11 is 0. The zero-order valence-electron chi connectivity index (χ0n) is 17.2. The Morgan fingerprint density at radius 1 is 0.900 bits per heavy atom. The van der Waals surface area contributed by atoms with E-state index in [-0.39, 0.29) is 5.82 Å². The maximum atomic E-state index is 14.1. The predicted molar refractivity (Wildman–Crippen MR) is 122 cm³/mol. The summed E-state index contributed by atoms with van der Waals surface area (Å²) in [5.74, 6) is -0.179. The van der Waals surface area contributed by atoms with Crippen LogP contribution in [0.3, 0.4) is 0 Å². The molecule has 1 aliphatic rings. The number of aryl methyl sites for hydroxylation is 1. The van der Waals surface area contributed by atoms with Gasteiger partial charge in [0.1, 0.15) is 5.82 Å². The fourth-order valence-electron chi connectivity index (χ4n) is 4.56. The Balaban J connectivity index is 1.78. The van der Waals surface area contributed by atoms with E-state index in [1.807, 2.05) is 12.1 Å². The van der Waals surface area contributed by atoms with Gasteiger partial charge in [0.2, 0.25) is 0 Å². The molecule has 2 heterocycles. The number of piperazine rings is 1. The zero-order chi connectivity index (χ0) is 20.5. The number of benzene rings is 3. The summed E-state index contributed by atoms with van der Waals surface area (Å²) in [5, 5.41) is 4.72. The quantitative estimate of drug-likeness (QED) is 0.517. The third kappa shape index (κ3) is 3.37. The van der Waals surface area contributed by atoms with Crippen LogP contribution in [0.25, 0.3) is 16.6 Å². The second-order valence-corrected chi connectivity index (χ2v) is 7.97. The number of rotatable bonds is 4. The van der Waals surface area contributed by atoms with Crippen LogP contribution in [0.1, 0.15) is 16.8 Å². The molecule has 4 heteroatoms. The van der Waals surface area contributed by atoms with E-state index in [9.17, 15) is 4.39 Å². The van der Waals surface area contributed by atoms with E-state index in [0.29, 0.717) is 6.42 Å². The molecule has 0 radical (unpaired) electrons. The van der Waals surface area contributed by atoms with Gasteiger partial charge in [0.15, 0.2) is 0 Å². The van der Waals surface area contributed by atoms with Crippen LogP contribution in [0.15, 0.2) is 72.8 Å². The summed E-state index contributed by atoms with van der Waals surface area (Å²) in [7, 11) is 0. The Bertz CT molecular complexity index is 1170. The van der Waals surface area contributed by atoms with Gasteiger partial charge in [-0.05, 0) is 48.4 Å². The molecule has 1 saturated heterocycles. The molecule has 3 nitrogen and oxygen atoms in total. The third-order valence-electron chi connectivity index (χ3n) is 6.06. The minimum atomic E-state index is -0.179. The van der Waals surface area contributed by atoms with Crippen LogP contribution >= 0.6 is 0 Å². The van der Waals surface area contributed by atoms with E-state index in [0.717, 1.165) is 43.0 Å². The molecule has 0 amide bonds. The van der Waals surface area contributed by atoms with Crippen LogP contribution in [-0.2, 0) is 6.42 Å². The molecule has 1 N–H and O–H groups in total. The number of para-hydroxylation sites is 2. The molecule has 4 aromatic rings. The van der Waals surface area contributed by atoms with Crippen LogP contribution in [0.4, 0.5) is 10.1 Å². The lowest BCUT2D eigenvalue weighted by molar-refractivity contribution is 0.588. The van der Waals surface area contributed by atoms with E-state index < -0.39 is 0 Å². The van der Waals surface area contributed by atoms with Gasteiger partial charge in [0.05, 0.1) is 16.9 Å². The molecule has 5 rings (SSSR count). The molecule has 0 saturated carbocycles. The molecule has 0 atom stereocenters. The fourth-order valence-corrected chi connectivity index (χ4v) is 4.56. The minimum Gasteiger partial charge on any atom is -0.367 e. The molecule has 1 aromatic heterocycles. The maximum absolute atomic E-state index is 14.1. The number of halogens is 1. The van der Waals surface area contributed by atoms with Crippen molar-refractivity contribution in [1.82, 2.24) is 9.88 Å². The van der Waals surface area contributed by atoms with Crippen molar-refractivity contribution < 1.29 is 4.39 Å². The predicted octanol–water partition coefficient (Wildman–Crippen LogP) is 5.08. The lowest BCUT2D eigenvalue weighted by Crippen LogP contribution is -2.43. The number of hydrogen-bond acceptors (Lipinski definition) is 2. The zero-order valence-corrected chi connectivity index (χ0v) is 17.2. The molecular weight excluding hydrogens is 373 g/mol. The van der Waals surface area contributed by atoms with Crippen molar-refractivity contribution in [2.45, 2.75) is 13.3 Å². The number of aromatic nitrogens is 1. The summed E-state index contributed by atoms with van der Waals surface area (Å²) in [6.07, 6.45) is 0.687.